The molecule has 1 aromatic carbocycles. The quantitative estimate of drug-likeness (QED) is 0.398. The van der Waals surface area contributed by atoms with Gasteiger partial charge in [-0.3, -0.25) is 4.79 Å². The van der Waals surface area contributed by atoms with Crippen molar-refractivity contribution in [3.63, 3.8) is 0 Å². The molecule has 0 amide bonds. The maximum Gasteiger partial charge on any atom is 0.347 e. The van der Waals surface area contributed by atoms with Crippen LogP contribution in [-0.2, 0) is 14.3 Å². The first-order valence-corrected chi connectivity index (χ1v) is 7.10. The standard InChI is InChI=1S/C16H22O5/c1-4-15(16(18)20-10-9-19-5-2)21-14-8-6-7-13(11-14)12(3)17/h6-8,11,15H,4-5,9-10H2,1-3H3. The molecular formula is C16H22O5. The number of hydrogen-bond donors (Lipinski definition) is 0. The van der Waals surface area contributed by atoms with Crippen LogP contribution in [0.3, 0.4) is 0 Å². The van der Waals surface area contributed by atoms with Gasteiger partial charge in [-0.15, -0.1) is 0 Å². The van der Waals surface area contributed by atoms with Gasteiger partial charge in [0.1, 0.15) is 12.4 Å². The van der Waals surface area contributed by atoms with Gasteiger partial charge < -0.3 is 14.2 Å². The molecule has 0 spiro atoms. The van der Waals surface area contributed by atoms with Gasteiger partial charge in [-0.2, -0.15) is 0 Å². The van der Waals surface area contributed by atoms with Crippen LogP contribution in [0.15, 0.2) is 24.3 Å². The summed E-state index contributed by atoms with van der Waals surface area (Å²) in [6, 6.07) is 6.76. The fourth-order valence-electron chi connectivity index (χ4n) is 1.69. The lowest BCUT2D eigenvalue weighted by Crippen LogP contribution is -2.29. The summed E-state index contributed by atoms with van der Waals surface area (Å²) in [6.45, 7) is 6.37. The van der Waals surface area contributed by atoms with Crippen molar-refractivity contribution in [1.29, 1.82) is 0 Å². The molecule has 0 aliphatic carbocycles. The van der Waals surface area contributed by atoms with Crippen LogP contribution in [0.5, 0.6) is 5.75 Å². The molecule has 0 saturated carbocycles. The second-order valence-corrected chi connectivity index (χ2v) is 4.46. The van der Waals surface area contributed by atoms with Gasteiger partial charge in [0, 0.05) is 12.2 Å². The van der Waals surface area contributed by atoms with Crippen LogP contribution < -0.4 is 4.74 Å². The summed E-state index contributed by atoms with van der Waals surface area (Å²) in [5.41, 5.74) is 0.548. The summed E-state index contributed by atoms with van der Waals surface area (Å²) in [7, 11) is 0. The molecule has 116 valence electrons. The Balaban J connectivity index is 2.58. The molecule has 1 unspecified atom stereocenters. The molecule has 0 radical (unpaired) electrons. The summed E-state index contributed by atoms with van der Waals surface area (Å²) in [4.78, 5) is 23.2. The molecule has 1 aromatic rings. The zero-order chi connectivity index (χ0) is 15.7. The van der Waals surface area contributed by atoms with E-state index in [0.29, 0.717) is 30.9 Å². The average molecular weight is 294 g/mol. The summed E-state index contributed by atoms with van der Waals surface area (Å²) in [6.07, 6.45) is -0.202. The van der Waals surface area contributed by atoms with Crippen molar-refractivity contribution in [2.45, 2.75) is 33.3 Å². The topological polar surface area (TPSA) is 61.8 Å². The first kappa shape index (κ1) is 17.2. The van der Waals surface area contributed by atoms with Crippen LogP contribution in [0, 0.1) is 0 Å². The Morgan fingerprint density at radius 3 is 2.57 bits per heavy atom. The zero-order valence-corrected chi connectivity index (χ0v) is 12.8. The first-order chi connectivity index (χ1) is 10.1. The van der Waals surface area contributed by atoms with Gasteiger partial charge in [0.15, 0.2) is 11.9 Å². The second kappa shape index (κ2) is 9.13. The molecule has 0 N–H and O–H groups in total. The number of benzene rings is 1. The largest absolute Gasteiger partial charge is 0.479 e. The number of carbonyl (C=O) groups is 2. The first-order valence-electron chi connectivity index (χ1n) is 7.10. The van der Waals surface area contributed by atoms with E-state index in [1.807, 2.05) is 13.8 Å². The summed E-state index contributed by atoms with van der Waals surface area (Å²) < 4.78 is 15.8. The van der Waals surface area contributed by atoms with E-state index in [4.69, 9.17) is 14.2 Å². The van der Waals surface area contributed by atoms with Crippen molar-refractivity contribution in [3.8, 4) is 5.75 Å². The minimum atomic E-state index is -0.686. The molecule has 0 fully saturated rings. The van der Waals surface area contributed by atoms with E-state index in [2.05, 4.69) is 0 Å². The number of rotatable bonds is 9. The molecule has 21 heavy (non-hydrogen) atoms. The third-order valence-corrected chi connectivity index (χ3v) is 2.83. The molecule has 0 heterocycles. The lowest BCUT2D eigenvalue weighted by molar-refractivity contribution is -0.153. The smallest absolute Gasteiger partial charge is 0.347 e. The van der Waals surface area contributed by atoms with Gasteiger partial charge in [0.25, 0.3) is 0 Å². The molecule has 5 nitrogen and oxygen atoms in total. The van der Waals surface area contributed by atoms with Crippen molar-refractivity contribution in [1.82, 2.24) is 0 Å². The van der Waals surface area contributed by atoms with Gasteiger partial charge in [0.2, 0.25) is 0 Å². The maximum absolute atomic E-state index is 11.9. The molecule has 5 heteroatoms. The number of Topliss-reactive ketones (excluding diaryl/α,β-unsaturated/α-hetero) is 1. The van der Waals surface area contributed by atoms with Crippen LogP contribution in [0.1, 0.15) is 37.6 Å². The van der Waals surface area contributed by atoms with Crippen LogP contribution in [-0.4, -0.2) is 37.7 Å². The third-order valence-electron chi connectivity index (χ3n) is 2.83. The van der Waals surface area contributed by atoms with Gasteiger partial charge in [0.05, 0.1) is 6.61 Å². The fraction of sp³-hybridized carbons (Fsp3) is 0.500. The Bertz CT molecular complexity index is 469. The summed E-state index contributed by atoms with van der Waals surface area (Å²) >= 11 is 0. The Morgan fingerprint density at radius 1 is 1.19 bits per heavy atom. The fourth-order valence-corrected chi connectivity index (χ4v) is 1.69. The maximum atomic E-state index is 11.9. The number of ketones is 1. The normalized spacial score (nSPS) is 11.8. The van der Waals surface area contributed by atoms with Crippen LogP contribution >= 0.6 is 0 Å². The Hall–Kier alpha value is -1.88. The van der Waals surface area contributed by atoms with Crippen molar-refractivity contribution in [2.75, 3.05) is 19.8 Å². The Kier molecular flexibility index (Phi) is 7.46. The van der Waals surface area contributed by atoms with Crippen molar-refractivity contribution < 1.29 is 23.8 Å². The minimum absolute atomic E-state index is 0.0483. The number of ether oxygens (including phenoxy) is 3. The predicted molar refractivity (Wildman–Crippen MR) is 78.6 cm³/mol. The highest BCUT2D eigenvalue weighted by Gasteiger charge is 2.20. The third kappa shape index (κ3) is 5.95. The molecule has 1 rings (SSSR count). The molecule has 0 saturated heterocycles. The highest BCUT2D eigenvalue weighted by Crippen LogP contribution is 2.17. The van der Waals surface area contributed by atoms with E-state index in [1.165, 1.54) is 6.92 Å². The summed E-state index contributed by atoms with van der Waals surface area (Å²) in [5, 5.41) is 0. The Labute approximate surface area is 125 Å². The highest BCUT2D eigenvalue weighted by atomic mass is 16.6. The van der Waals surface area contributed by atoms with E-state index >= 15 is 0 Å². The molecular weight excluding hydrogens is 272 g/mol. The average Bonchev–Trinajstić information content (AvgIpc) is 2.49. The van der Waals surface area contributed by atoms with Crippen LogP contribution in [0.25, 0.3) is 0 Å². The van der Waals surface area contributed by atoms with E-state index in [-0.39, 0.29) is 12.4 Å². The molecule has 0 bridgehead atoms. The number of carbonyl (C=O) groups excluding carboxylic acids is 2. The molecule has 0 aliphatic rings. The molecule has 0 aromatic heterocycles. The van der Waals surface area contributed by atoms with Crippen molar-refractivity contribution >= 4 is 11.8 Å². The van der Waals surface area contributed by atoms with E-state index in [9.17, 15) is 9.59 Å². The number of esters is 1. The lowest BCUT2D eigenvalue weighted by atomic mass is 10.1. The van der Waals surface area contributed by atoms with Gasteiger partial charge in [-0.25, -0.2) is 4.79 Å². The van der Waals surface area contributed by atoms with Crippen LogP contribution in [0.2, 0.25) is 0 Å². The monoisotopic (exact) mass is 294 g/mol. The van der Waals surface area contributed by atoms with Crippen molar-refractivity contribution in [2.24, 2.45) is 0 Å². The van der Waals surface area contributed by atoms with Gasteiger partial charge in [-0.1, -0.05) is 19.1 Å². The van der Waals surface area contributed by atoms with E-state index < -0.39 is 12.1 Å². The van der Waals surface area contributed by atoms with E-state index in [1.54, 1.807) is 24.3 Å². The van der Waals surface area contributed by atoms with Gasteiger partial charge in [-0.05, 0) is 32.4 Å². The summed E-state index contributed by atoms with van der Waals surface area (Å²) in [5.74, 6) is 0.00882. The highest BCUT2D eigenvalue weighted by molar-refractivity contribution is 5.94. The SMILES string of the molecule is CCOCCOC(=O)C(CC)Oc1cccc(C(C)=O)c1. The number of hydrogen-bond acceptors (Lipinski definition) is 5. The Morgan fingerprint density at radius 2 is 1.95 bits per heavy atom. The predicted octanol–water partition coefficient (Wildman–Crippen LogP) is 2.63. The lowest BCUT2D eigenvalue weighted by Gasteiger charge is -2.16. The van der Waals surface area contributed by atoms with Gasteiger partial charge >= 0.3 is 5.97 Å². The molecule has 0 aliphatic heterocycles. The van der Waals surface area contributed by atoms with Crippen LogP contribution in [0.4, 0.5) is 0 Å². The minimum Gasteiger partial charge on any atom is -0.479 e. The van der Waals surface area contributed by atoms with E-state index in [0.717, 1.165) is 0 Å². The zero-order valence-electron chi connectivity index (χ0n) is 12.8. The van der Waals surface area contributed by atoms with Crippen molar-refractivity contribution in [3.05, 3.63) is 29.8 Å². The molecule has 1 atom stereocenters. The second-order valence-electron chi connectivity index (χ2n) is 4.46.